The maximum Gasteiger partial charge on any atom is 0.141 e. The third-order valence-corrected chi connectivity index (χ3v) is 5.00. The minimum atomic E-state index is 0.602. The maximum absolute atomic E-state index is 6.64. The van der Waals surface area contributed by atoms with Gasteiger partial charge in [-0.3, -0.25) is 4.98 Å². The number of rotatable bonds is 3. The van der Waals surface area contributed by atoms with E-state index in [0.717, 1.165) is 57.6 Å². The van der Waals surface area contributed by atoms with Crippen LogP contribution in [-0.2, 0) is 0 Å². The van der Waals surface area contributed by atoms with E-state index in [2.05, 4.69) is 10.1 Å². The van der Waals surface area contributed by atoms with E-state index in [4.69, 9.17) is 26.6 Å². The molecule has 1 saturated carbocycles. The lowest BCUT2D eigenvalue weighted by Crippen LogP contribution is -1.99. The number of methoxy groups -OCH3 is 1. The molecule has 0 unspecified atom stereocenters. The normalized spacial score (nSPS) is 13.4. The van der Waals surface area contributed by atoms with E-state index in [0.29, 0.717) is 10.8 Å². The molecule has 0 amide bonds. The predicted molar refractivity (Wildman–Crippen MR) is 98.6 cm³/mol. The van der Waals surface area contributed by atoms with Gasteiger partial charge in [-0.25, -0.2) is 0 Å². The van der Waals surface area contributed by atoms with Gasteiger partial charge in [0, 0.05) is 28.4 Å². The highest BCUT2D eigenvalue weighted by atomic mass is 35.5. The van der Waals surface area contributed by atoms with Crippen molar-refractivity contribution in [3.8, 4) is 16.9 Å². The Morgan fingerprint density at radius 2 is 2.04 bits per heavy atom. The molecule has 0 bridgehead atoms. The summed E-state index contributed by atoms with van der Waals surface area (Å²) in [5.74, 6) is 1.43. The number of ether oxygens (including phenoxy) is 1. The number of pyridine rings is 1. The first kappa shape index (κ1) is 16.0. The number of halogens is 1. The number of nitrogens with two attached hydrogens (primary N) is 1. The highest BCUT2D eigenvalue weighted by Gasteiger charge is 2.22. The fraction of sp³-hybridized carbons (Fsp3) is 0.263. The largest absolute Gasteiger partial charge is 0.496 e. The molecule has 128 valence electrons. The summed E-state index contributed by atoms with van der Waals surface area (Å²) in [4.78, 5) is 4.57. The third kappa shape index (κ3) is 2.55. The standard InChI is InChI=1S/C19H18ClN3O2/c1-9-17(10(2)25-23-9)13-6-15-12(7-16(13)24-3)18(20)14(8-22-15)19(21)11-4-5-11/h6-8H,4-5,21H2,1-3H3. The first-order valence-corrected chi connectivity index (χ1v) is 8.46. The maximum atomic E-state index is 6.64. The van der Waals surface area contributed by atoms with Crippen LogP contribution in [0.25, 0.3) is 27.7 Å². The quantitative estimate of drug-likeness (QED) is 0.741. The minimum Gasteiger partial charge on any atom is -0.496 e. The molecule has 1 aromatic carbocycles. The Kier molecular flexibility index (Phi) is 3.69. The lowest BCUT2D eigenvalue weighted by molar-refractivity contribution is 0.393. The summed E-state index contributed by atoms with van der Waals surface area (Å²) in [6.07, 6.45) is 3.82. The number of hydrogen-bond acceptors (Lipinski definition) is 5. The van der Waals surface area contributed by atoms with E-state index in [1.165, 1.54) is 5.57 Å². The Labute approximate surface area is 150 Å². The minimum absolute atomic E-state index is 0.602. The zero-order valence-corrected chi connectivity index (χ0v) is 15.1. The molecule has 1 aliphatic carbocycles. The van der Waals surface area contributed by atoms with Crippen molar-refractivity contribution in [2.75, 3.05) is 7.11 Å². The average Bonchev–Trinajstić information content (AvgIpc) is 3.40. The number of nitrogens with zero attached hydrogens (tertiary/aromatic N) is 2. The van der Waals surface area contributed by atoms with Crippen LogP contribution in [0.2, 0.25) is 5.02 Å². The molecule has 0 spiro atoms. The summed E-state index contributed by atoms with van der Waals surface area (Å²) in [5.41, 5.74) is 12.4. The van der Waals surface area contributed by atoms with Crippen LogP contribution < -0.4 is 10.5 Å². The van der Waals surface area contributed by atoms with Crippen molar-refractivity contribution >= 4 is 28.2 Å². The van der Waals surface area contributed by atoms with Crippen molar-refractivity contribution in [3.05, 3.63) is 45.9 Å². The van der Waals surface area contributed by atoms with E-state index < -0.39 is 0 Å². The fourth-order valence-electron chi connectivity index (χ4n) is 3.13. The Bertz CT molecular complexity index is 1010. The van der Waals surface area contributed by atoms with Gasteiger partial charge in [-0.1, -0.05) is 16.8 Å². The van der Waals surface area contributed by atoms with Crippen molar-refractivity contribution in [3.63, 3.8) is 0 Å². The Hall–Kier alpha value is -2.53. The molecule has 25 heavy (non-hydrogen) atoms. The Morgan fingerprint density at radius 1 is 1.28 bits per heavy atom. The van der Waals surface area contributed by atoms with Gasteiger partial charge in [0.2, 0.25) is 0 Å². The zero-order valence-electron chi connectivity index (χ0n) is 14.3. The molecule has 0 atom stereocenters. The van der Waals surface area contributed by atoms with Crippen LogP contribution in [0.3, 0.4) is 0 Å². The highest BCUT2D eigenvalue weighted by molar-refractivity contribution is 6.37. The Balaban J connectivity index is 1.97. The van der Waals surface area contributed by atoms with Crippen LogP contribution in [0.5, 0.6) is 5.75 Å². The summed E-state index contributed by atoms with van der Waals surface area (Å²) in [7, 11) is 1.63. The summed E-state index contributed by atoms with van der Waals surface area (Å²) < 4.78 is 10.9. The molecular formula is C19H18ClN3O2. The van der Waals surface area contributed by atoms with Gasteiger partial charge in [-0.05, 0) is 44.4 Å². The van der Waals surface area contributed by atoms with Crippen LogP contribution >= 0.6 is 11.6 Å². The molecule has 5 nitrogen and oxygen atoms in total. The SMILES string of the molecule is COc1cc2c(Cl)c(C(N)=C3CC3)cnc2cc1-c1c(C)noc1C. The number of fused-ring (bicyclic) bond motifs is 1. The van der Waals surface area contributed by atoms with E-state index in [-0.39, 0.29) is 0 Å². The number of aromatic nitrogens is 2. The third-order valence-electron chi connectivity index (χ3n) is 4.60. The zero-order chi connectivity index (χ0) is 17.7. The summed E-state index contributed by atoms with van der Waals surface area (Å²) in [5, 5.41) is 5.45. The van der Waals surface area contributed by atoms with E-state index >= 15 is 0 Å². The van der Waals surface area contributed by atoms with Gasteiger partial charge in [0.1, 0.15) is 11.5 Å². The first-order chi connectivity index (χ1) is 12.0. The second-order valence-corrected chi connectivity index (χ2v) is 6.65. The van der Waals surface area contributed by atoms with Gasteiger partial charge in [0.15, 0.2) is 0 Å². The van der Waals surface area contributed by atoms with Crippen molar-refractivity contribution in [1.29, 1.82) is 0 Å². The average molecular weight is 356 g/mol. The lowest BCUT2D eigenvalue weighted by atomic mass is 10.00. The van der Waals surface area contributed by atoms with Crippen molar-refractivity contribution in [1.82, 2.24) is 10.1 Å². The molecule has 4 rings (SSSR count). The van der Waals surface area contributed by atoms with Crippen molar-refractivity contribution in [2.24, 2.45) is 5.73 Å². The van der Waals surface area contributed by atoms with Crippen molar-refractivity contribution < 1.29 is 9.26 Å². The van der Waals surface area contributed by atoms with Gasteiger partial charge in [-0.15, -0.1) is 0 Å². The topological polar surface area (TPSA) is 74.2 Å². The molecule has 0 radical (unpaired) electrons. The summed E-state index contributed by atoms with van der Waals surface area (Å²) in [6.45, 7) is 3.78. The van der Waals surface area contributed by atoms with Crippen LogP contribution in [0.15, 0.2) is 28.4 Å². The number of allylic oxidation sites excluding steroid dienone is 1. The number of aryl methyl sites for hydroxylation is 2. The van der Waals surface area contributed by atoms with E-state index in [1.807, 2.05) is 26.0 Å². The molecule has 0 saturated heterocycles. The lowest BCUT2D eigenvalue weighted by Gasteiger charge is -2.13. The fourth-order valence-corrected chi connectivity index (χ4v) is 3.43. The van der Waals surface area contributed by atoms with E-state index in [1.54, 1.807) is 13.3 Å². The monoisotopic (exact) mass is 355 g/mol. The second kappa shape index (κ2) is 5.77. The molecule has 6 heteroatoms. The van der Waals surface area contributed by atoms with Gasteiger partial charge in [0.25, 0.3) is 0 Å². The molecule has 1 aliphatic rings. The second-order valence-electron chi connectivity index (χ2n) is 6.27. The molecule has 1 fully saturated rings. The first-order valence-electron chi connectivity index (χ1n) is 8.08. The van der Waals surface area contributed by atoms with Crippen LogP contribution in [-0.4, -0.2) is 17.3 Å². The van der Waals surface area contributed by atoms with Gasteiger partial charge >= 0.3 is 0 Å². The molecule has 3 aromatic rings. The number of benzene rings is 1. The molecule has 0 aliphatic heterocycles. The highest BCUT2D eigenvalue weighted by Crippen LogP contribution is 2.41. The van der Waals surface area contributed by atoms with Gasteiger partial charge < -0.3 is 15.0 Å². The molecule has 2 heterocycles. The van der Waals surface area contributed by atoms with Crippen LogP contribution in [0, 0.1) is 13.8 Å². The van der Waals surface area contributed by atoms with Gasteiger partial charge in [0.05, 0.1) is 28.9 Å². The molecular weight excluding hydrogens is 338 g/mol. The van der Waals surface area contributed by atoms with Gasteiger partial charge in [-0.2, -0.15) is 0 Å². The van der Waals surface area contributed by atoms with E-state index in [9.17, 15) is 0 Å². The predicted octanol–water partition coefficient (Wildman–Crippen LogP) is 4.63. The summed E-state index contributed by atoms with van der Waals surface area (Å²) >= 11 is 6.64. The molecule has 2 aromatic heterocycles. The van der Waals surface area contributed by atoms with Crippen LogP contribution in [0.1, 0.15) is 29.9 Å². The smallest absolute Gasteiger partial charge is 0.141 e. The molecule has 2 N–H and O–H groups in total. The van der Waals surface area contributed by atoms with Crippen LogP contribution in [0.4, 0.5) is 0 Å². The Morgan fingerprint density at radius 3 is 2.64 bits per heavy atom. The number of hydrogen-bond donors (Lipinski definition) is 1. The summed E-state index contributed by atoms with van der Waals surface area (Å²) in [6, 6.07) is 3.86. The van der Waals surface area contributed by atoms with Crippen molar-refractivity contribution in [2.45, 2.75) is 26.7 Å².